The van der Waals surface area contributed by atoms with Gasteiger partial charge >= 0.3 is 0 Å². The maximum atomic E-state index is 14.1. The highest BCUT2D eigenvalue weighted by Crippen LogP contribution is 2.55. The number of aliphatic hydroxyl groups is 1. The number of rotatable bonds is 19. The summed E-state index contributed by atoms with van der Waals surface area (Å²) in [6, 6.07) is 16.1. The molecule has 6 rings (SSSR count). The van der Waals surface area contributed by atoms with E-state index < -0.39 is 40.3 Å². The first-order valence-electron chi connectivity index (χ1n) is 24.0. The number of amides is 4. The predicted octanol–water partition coefficient (Wildman–Crippen LogP) is 8.73. The fourth-order valence-electron chi connectivity index (χ4n) is 10.1. The molecule has 4 atom stereocenters. The third-order valence-electron chi connectivity index (χ3n) is 13.7. The molecule has 1 saturated carbocycles. The van der Waals surface area contributed by atoms with Gasteiger partial charge in [-0.2, -0.15) is 5.26 Å². The van der Waals surface area contributed by atoms with E-state index in [1.165, 1.54) is 4.90 Å². The molecule has 374 valence electrons. The summed E-state index contributed by atoms with van der Waals surface area (Å²) in [4.78, 5) is 65.8. The molecule has 70 heavy (non-hydrogen) atoms. The Balaban J connectivity index is 0.920. The second kappa shape index (κ2) is 22.5. The molecule has 4 aromatic rings. The largest absolute Gasteiger partial charge is 0.489 e. The molecule has 2 aromatic heterocycles. The van der Waals surface area contributed by atoms with Crippen LogP contribution < -0.4 is 20.7 Å². The van der Waals surface area contributed by atoms with E-state index in [9.17, 15) is 34.8 Å². The Kier molecular flexibility index (Phi) is 17.2. The van der Waals surface area contributed by atoms with Crippen molar-refractivity contribution in [2.45, 2.75) is 150 Å². The number of aryl methyl sites for hydroxylation is 2. The van der Waals surface area contributed by atoms with Crippen LogP contribution in [0.15, 0.2) is 71.5 Å². The van der Waals surface area contributed by atoms with E-state index in [0.717, 1.165) is 27.3 Å². The Hall–Kier alpha value is -5.89. The molecule has 2 fully saturated rings. The van der Waals surface area contributed by atoms with Crippen LogP contribution >= 0.6 is 22.9 Å². The van der Waals surface area contributed by atoms with Gasteiger partial charge in [0.25, 0.3) is 5.91 Å². The number of ether oxygens (including phenoxy) is 1. The van der Waals surface area contributed by atoms with Gasteiger partial charge in [-0.3, -0.25) is 24.2 Å². The lowest BCUT2D eigenvalue weighted by atomic mass is 9.49. The van der Waals surface area contributed by atoms with Crippen LogP contribution in [0.1, 0.15) is 139 Å². The van der Waals surface area contributed by atoms with Crippen LogP contribution in [0.25, 0.3) is 10.4 Å². The molecule has 15 nitrogen and oxygen atoms in total. The van der Waals surface area contributed by atoms with Gasteiger partial charge in [-0.05, 0) is 92.7 Å². The van der Waals surface area contributed by atoms with Crippen LogP contribution in [0.2, 0.25) is 5.02 Å². The summed E-state index contributed by atoms with van der Waals surface area (Å²) >= 11 is 7.81. The van der Waals surface area contributed by atoms with Crippen molar-refractivity contribution in [2.24, 2.45) is 21.4 Å². The maximum absolute atomic E-state index is 14.1. The lowest BCUT2D eigenvalue weighted by Gasteiger charge is -2.63. The first-order chi connectivity index (χ1) is 33.0. The number of nitriles is 1. The lowest BCUT2D eigenvalue weighted by Crippen LogP contribution is -2.74. The van der Waals surface area contributed by atoms with Crippen molar-refractivity contribution in [1.82, 2.24) is 30.8 Å². The van der Waals surface area contributed by atoms with Gasteiger partial charge in [0.2, 0.25) is 17.7 Å². The van der Waals surface area contributed by atoms with E-state index in [1.54, 1.807) is 41.8 Å². The third-order valence-corrected chi connectivity index (χ3v) is 15.0. The van der Waals surface area contributed by atoms with Gasteiger partial charge in [-0.1, -0.05) is 95.6 Å². The molecule has 0 spiro atoms. The van der Waals surface area contributed by atoms with Crippen LogP contribution in [-0.4, -0.2) is 91.4 Å². The zero-order valence-corrected chi connectivity index (χ0v) is 43.2. The van der Waals surface area contributed by atoms with Gasteiger partial charge in [-0.25, -0.2) is 4.98 Å². The zero-order valence-electron chi connectivity index (χ0n) is 41.6. The van der Waals surface area contributed by atoms with E-state index >= 15 is 0 Å². The molecule has 0 radical (unpaired) electrons. The molecule has 2 aliphatic rings. The minimum atomic E-state index is -0.939. The Morgan fingerprint density at radius 3 is 2.27 bits per heavy atom. The van der Waals surface area contributed by atoms with Crippen LogP contribution in [0.3, 0.4) is 0 Å². The number of aliphatic hydroxyl groups excluding tert-OH is 1. The molecule has 2 unspecified atom stereocenters. The van der Waals surface area contributed by atoms with Gasteiger partial charge in [0, 0.05) is 48.5 Å². The number of hydrogen-bond donors (Lipinski definition) is 5. The van der Waals surface area contributed by atoms with E-state index in [0.29, 0.717) is 66.3 Å². The van der Waals surface area contributed by atoms with Crippen molar-refractivity contribution < 1.29 is 34.2 Å². The van der Waals surface area contributed by atoms with E-state index in [4.69, 9.17) is 16.3 Å². The minimum Gasteiger partial charge on any atom is -0.489 e. The van der Waals surface area contributed by atoms with E-state index in [1.807, 2.05) is 98.2 Å². The number of thiazole rings is 1. The van der Waals surface area contributed by atoms with Crippen molar-refractivity contribution in [1.29, 1.82) is 5.26 Å². The molecule has 0 bridgehead atoms. The van der Waals surface area contributed by atoms with Gasteiger partial charge in [0.1, 0.15) is 35.7 Å². The average Bonchev–Trinajstić information content (AvgIpc) is 3.94. The van der Waals surface area contributed by atoms with E-state index in [2.05, 4.69) is 37.1 Å². The van der Waals surface area contributed by atoms with E-state index in [-0.39, 0.29) is 55.3 Å². The number of aromatic nitrogens is 2. The number of halogens is 1. The number of likely N-dealkylation sites (tertiary alicyclic amines) is 1. The summed E-state index contributed by atoms with van der Waals surface area (Å²) in [5.41, 5.74) is 5.39. The third kappa shape index (κ3) is 12.5. The molecule has 1 saturated heterocycles. The SMILES string of the molecule is Cc1ncsc1-c1ccc(C(C)NC(=O)[C@@H]2C[C@@H](O)CN2C(=O)C(NC(=O)CCCC/C(CCCc2ccc(C(=O)NC3C(C)(C)C(Oc4ccc(C#N)c(Cl)c4)C3(C)C)nc2)=N\O)C(C)(C)C)cc1. The topological polar surface area (TPSA) is 219 Å². The number of pyridine rings is 1. The minimum absolute atomic E-state index is 0.0190. The molecule has 1 aliphatic heterocycles. The Bertz CT molecular complexity index is 2570. The van der Waals surface area contributed by atoms with Crippen molar-refractivity contribution in [3.8, 4) is 22.3 Å². The fraction of sp³-hybridized carbons (Fsp3) is 0.509. The molecule has 4 amide bonds. The second-order valence-corrected chi connectivity index (χ2v) is 22.2. The summed E-state index contributed by atoms with van der Waals surface area (Å²) in [6.45, 7) is 17.5. The zero-order chi connectivity index (χ0) is 51.1. The average molecular weight is 996 g/mol. The van der Waals surface area contributed by atoms with Gasteiger partial charge in [0.05, 0.1) is 44.5 Å². The smallest absolute Gasteiger partial charge is 0.270 e. The van der Waals surface area contributed by atoms with Crippen molar-refractivity contribution >= 4 is 52.3 Å². The number of unbranched alkanes of at least 4 members (excludes halogenated alkanes) is 1. The van der Waals surface area contributed by atoms with Gasteiger partial charge < -0.3 is 35.9 Å². The highest BCUT2D eigenvalue weighted by molar-refractivity contribution is 7.13. The van der Waals surface area contributed by atoms with Crippen LogP contribution in [0, 0.1) is 34.5 Å². The highest BCUT2D eigenvalue weighted by atomic mass is 35.5. The number of benzene rings is 2. The molecular formula is C53H67ClN8O7S. The number of oxime groups is 1. The Morgan fingerprint density at radius 2 is 1.67 bits per heavy atom. The second-order valence-electron chi connectivity index (χ2n) is 21.0. The monoisotopic (exact) mass is 994 g/mol. The fourth-order valence-corrected chi connectivity index (χ4v) is 11.1. The van der Waals surface area contributed by atoms with Crippen LogP contribution in [0.5, 0.6) is 5.75 Å². The number of carbonyl (C=O) groups is 4. The lowest BCUT2D eigenvalue weighted by molar-refractivity contribution is -0.164. The summed E-state index contributed by atoms with van der Waals surface area (Å²) in [6.07, 6.45) is 4.23. The molecule has 3 heterocycles. The molecule has 17 heteroatoms. The Labute approximate surface area is 420 Å². The highest BCUT2D eigenvalue weighted by Gasteiger charge is 2.64. The number of β-amino-alcohol motifs (C(OH)–C–C–N with tert-alkyl or cyclic N) is 1. The van der Waals surface area contributed by atoms with Crippen molar-refractivity contribution in [3.63, 3.8) is 0 Å². The first-order valence-corrected chi connectivity index (χ1v) is 25.2. The quantitative estimate of drug-likeness (QED) is 0.0260. The van der Waals surface area contributed by atoms with Gasteiger partial charge in [-0.15, -0.1) is 11.3 Å². The molecular weight excluding hydrogens is 928 g/mol. The summed E-state index contributed by atoms with van der Waals surface area (Å²) < 4.78 is 6.35. The summed E-state index contributed by atoms with van der Waals surface area (Å²) in [5, 5.41) is 42.6. The molecule has 1 aliphatic carbocycles. The predicted molar refractivity (Wildman–Crippen MR) is 271 cm³/mol. The first kappa shape index (κ1) is 53.5. The maximum Gasteiger partial charge on any atom is 0.270 e. The normalized spacial score (nSPS) is 20.4. The summed E-state index contributed by atoms with van der Waals surface area (Å²) in [7, 11) is 0. The standard InChI is InChI=1S/C53H67ClN8O7S/c1-31(34-18-20-35(21-19-34)44-32(2)57-30-70-44)58-47(66)42-25-38(63)29-62(42)48(67)45(51(3,4)5)59-43(64)16-11-10-14-37(61-68)15-12-13-33-17-24-41(56-28-33)46(65)60-49-52(6,7)50(53(49,8)9)69-39-23-22-36(27-55)40(54)26-39/h17-24,26,28,30-31,38,42,45,49-50,63,68H,10-16,25,29H2,1-9H3,(H,58,66)(H,59,64)(H,60,65)/b61-37+/t31?,38-,42+,45?,49?,50?/m1/s1. The Morgan fingerprint density at radius 1 is 0.986 bits per heavy atom. The van der Waals surface area contributed by atoms with Crippen molar-refractivity contribution in [3.05, 3.63) is 99.4 Å². The van der Waals surface area contributed by atoms with Crippen molar-refractivity contribution in [2.75, 3.05) is 6.54 Å². The van der Waals surface area contributed by atoms with Gasteiger partial charge in [0.15, 0.2) is 0 Å². The molecule has 5 N–H and O–H groups in total. The number of hydrogen-bond acceptors (Lipinski definition) is 12. The van der Waals surface area contributed by atoms with Crippen LogP contribution in [0.4, 0.5) is 0 Å². The molecule has 2 aromatic carbocycles. The summed E-state index contributed by atoms with van der Waals surface area (Å²) in [5.74, 6) is -0.831. The number of carbonyl (C=O) groups excluding carboxylic acids is 4. The van der Waals surface area contributed by atoms with Crippen LogP contribution in [-0.2, 0) is 20.8 Å². The number of nitrogens with zero attached hydrogens (tertiary/aromatic N) is 5. The number of nitrogens with one attached hydrogen (secondary N) is 3.